The molecule has 7 heteroatoms. The van der Waals surface area contributed by atoms with E-state index in [-0.39, 0.29) is 16.3 Å². The lowest BCUT2D eigenvalue weighted by atomic mass is 10.2. The van der Waals surface area contributed by atoms with Gasteiger partial charge in [0.1, 0.15) is 5.75 Å². The van der Waals surface area contributed by atoms with E-state index in [1.807, 2.05) is 6.92 Å². The first-order chi connectivity index (χ1) is 10.3. The normalized spacial score (nSPS) is 11.5. The Hall–Kier alpha value is -2.15. The van der Waals surface area contributed by atoms with Gasteiger partial charge in [0.2, 0.25) is 0 Å². The fraction of sp³-hybridized carbons (Fsp3) is 0.200. The van der Waals surface area contributed by atoms with Crippen molar-refractivity contribution in [3.63, 3.8) is 0 Å². The zero-order chi connectivity index (χ0) is 16.3. The van der Waals surface area contributed by atoms with Gasteiger partial charge < -0.3 is 4.74 Å². The third-order valence-corrected chi connectivity index (χ3v) is 4.31. The maximum Gasteiger partial charge on any atom is 0.387 e. The highest BCUT2D eigenvalue weighted by Gasteiger charge is 2.18. The molecule has 0 aromatic heterocycles. The molecule has 2 rings (SSSR count). The van der Waals surface area contributed by atoms with Crippen LogP contribution in [0.4, 0.5) is 14.5 Å². The van der Waals surface area contributed by atoms with Crippen molar-refractivity contribution in [3.05, 3.63) is 53.6 Å². The molecular weight excluding hydrogens is 312 g/mol. The van der Waals surface area contributed by atoms with Crippen LogP contribution < -0.4 is 9.46 Å². The second kappa shape index (κ2) is 6.31. The largest absolute Gasteiger partial charge is 0.433 e. The first kappa shape index (κ1) is 16.2. The summed E-state index contributed by atoms with van der Waals surface area (Å²) < 4.78 is 56.0. The molecule has 0 radical (unpaired) electrons. The van der Waals surface area contributed by atoms with Gasteiger partial charge in [-0.05, 0) is 43.7 Å². The second-order valence-corrected chi connectivity index (χ2v) is 6.48. The van der Waals surface area contributed by atoms with Crippen LogP contribution in [0.25, 0.3) is 0 Å². The SMILES string of the molecule is Cc1ccc(S(=O)(=O)Nc2cc(C)ccc2OC(F)F)cc1. The number of alkyl halides is 2. The monoisotopic (exact) mass is 327 g/mol. The van der Waals surface area contributed by atoms with Crippen LogP contribution in [0, 0.1) is 13.8 Å². The molecule has 0 saturated carbocycles. The Morgan fingerprint density at radius 1 is 1.00 bits per heavy atom. The zero-order valence-electron chi connectivity index (χ0n) is 12.0. The summed E-state index contributed by atoms with van der Waals surface area (Å²) in [5.74, 6) is -0.226. The van der Waals surface area contributed by atoms with Crippen LogP contribution in [0.5, 0.6) is 5.75 Å². The van der Waals surface area contributed by atoms with Crippen LogP contribution >= 0.6 is 0 Å². The van der Waals surface area contributed by atoms with Gasteiger partial charge in [0.05, 0.1) is 10.6 Å². The van der Waals surface area contributed by atoms with Crippen LogP contribution in [0.15, 0.2) is 47.4 Å². The van der Waals surface area contributed by atoms with Gasteiger partial charge in [-0.1, -0.05) is 23.8 Å². The Labute approximate surface area is 127 Å². The van der Waals surface area contributed by atoms with Crippen molar-refractivity contribution < 1.29 is 21.9 Å². The molecule has 4 nitrogen and oxygen atoms in total. The lowest BCUT2D eigenvalue weighted by Gasteiger charge is -2.14. The van der Waals surface area contributed by atoms with E-state index in [4.69, 9.17) is 0 Å². The molecule has 0 spiro atoms. The first-order valence-corrected chi connectivity index (χ1v) is 7.91. The van der Waals surface area contributed by atoms with E-state index < -0.39 is 16.6 Å². The van der Waals surface area contributed by atoms with Gasteiger partial charge in [-0.25, -0.2) is 8.42 Å². The lowest BCUT2D eigenvalue weighted by Crippen LogP contribution is -2.15. The number of halogens is 2. The van der Waals surface area contributed by atoms with Crippen LogP contribution in [0.2, 0.25) is 0 Å². The van der Waals surface area contributed by atoms with Gasteiger partial charge in [0.25, 0.3) is 10.0 Å². The molecule has 2 aromatic rings. The minimum absolute atomic E-state index is 0.0270. The molecule has 0 atom stereocenters. The molecule has 2 aromatic carbocycles. The molecule has 0 unspecified atom stereocenters. The highest BCUT2D eigenvalue weighted by Crippen LogP contribution is 2.29. The molecule has 0 bridgehead atoms. The molecule has 22 heavy (non-hydrogen) atoms. The van der Waals surface area contributed by atoms with Gasteiger partial charge in [0.15, 0.2) is 0 Å². The van der Waals surface area contributed by atoms with Crippen molar-refractivity contribution in [3.8, 4) is 5.75 Å². The third-order valence-electron chi connectivity index (χ3n) is 2.93. The van der Waals surface area contributed by atoms with Crippen molar-refractivity contribution >= 4 is 15.7 Å². The van der Waals surface area contributed by atoms with Crippen LogP contribution in [-0.4, -0.2) is 15.0 Å². The quantitative estimate of drug-likeness (QED) is 0.911. The van der Waals surface area contributed by atoms with Gasteiger partial charge in [-0.15, -0.1) is 0 Å². The summed E-state index contributed by atoms with van der Waals surface area (Å²) >= 11 is 0. The van der Waals surface area contributed by atoms with Crippen molar-refractivity contribution in [1.29, 1.82) is 0 Å². The summed E-state index contributed by atoms with van der Waals surface area (Å²) in [5.41, 5.74) is 1.60. The Morgan fingerprint density at radius 2 is 1.59 bits per heavy atom. The van der Waals surface area contributed by atoms with Gasteiger partial charge in [-0.3, -0.25) is 4.72 Å². The van der Waals surface area contributed by atoms with Crippen molar-refractivity contribution in [2.24, 2.45) is 0 Å². The molecule has 0 aliphatic carbocycles. The summed E-state index contributed by atoms with van der Waals surface area (Å²) in [4.78, 5) is 0.0441. The van der Waals surface area contributed by atoms with E-state index in [9.17, 15) is 17.2 Å². The standard InChI is InChI=1S/C15H15F2NO3S/c1-10-3-6-12(7-4-10)22(19,20)18-13-9-11(2)5-8-14(13)21-15(16)17/h3-9,15,18H,1-2H3. The van der Waals surface area contributed by atoms with E-state index in [0.717, 1.165) is 5.56 Å². The number of rotatable bonds is 5. The summed E-state index contributed by atoms with van der Waals surface area (Å²) in [5, 5.41) is 0. The number of nitrogens with one attached hydrogen (secondary N) is 1. The van der Waals surface area contributed by atoms with Gasteiger partial charge >= 0.3 is 6.61 Å². The van der Waals surface area contributed by atoms with Gasteiger partial charge in [-0.2, -0.15) is 8.78 Å². The van der Waals surface area contributed by atoms with E-state index in [2.05, 4.69) is 9.46 Å². The van der Waals surface area contributed by atoms with Crippen molar-refractivity contribution in [2.75, 3.05) is 4.72 Å². The summed E-state index contributed by atoms with van der Waals surface area (Å²) in [6.07, 6.45) is 0. The maximum atomic E-state index is 12.4. The lowest BCUT2D eigenvalue weighted by molar-refractivity contribution is -0.0493. The fourth-order valence-corrected chi connectivity index (χ4v) is 2.90. The maximum absolute atomic E-state index is 12.4. The number of ether oxygens (including phenoxy) is 1. The Morgan fingerprint density at radius 3 is 2.18 bits per heavy atom. The molecule has 0 saturated heterocycles. The average Bonchev–Trinajstić information content (AvgIpc) is 2.41. The minimum Gasteiger partial charge on any atom is -0.433 e. The summed E-state index contributed by atoms with van der Waals surface area (Å²) in [6, 6.07) is 10.5. The average molecular weight is 327 g/mol. The van der Waals surface area contributed by atoms with Crippen molar-refractivity contribution in [1.82, 2.24) is 0 Å². The molecule has 0 fully saturated rings. The predicted octanol–water partition coefficient (Wildman–Crippen LogP) is 3.71. The van der Waals surface area contributed by atoms with Crippen LogP contribution in [0.3, 0.4) is 0 Å². The highest BCUT2D eigenvalue weighted by atomic mass is 32.2. The number of aryl methyl sites for hydroxylation is 2. The third kappa shape index (κ3) is 3.94. The molecule has 1 N–H and O–H groups in total. The first-order valence-electron chi connectivity index (χ1n) is 6.43. The second-order valence-electron chi connectivity index (χ2n) is 4.80. The number of sulfonamides is 1. The molecule has 118 valence electrons. The Balaban J connectivity index is 2.36. The zero-order valence-corrected chi connectivity index (χ0v) is 12.8. The minimum atomic E-state index is -3.88. The van der Waals surface area contributed by atoms with E-state index in [1.54, 1.807) is 25.1 Å². The highest BCUT2D eigenvalue weighted by molar-refractivity contribution is 7.92. The van der Waals surface area contributed by atoms with Crippen molar-refractivity contribution in [2.45, 2.75) is 25.4 Å². The molecule has 0 amide bonds. The van der Waals surface area contributed by atoms with Gasteiger partial charge in [0, 0.05) is 0 Å². The summed E-state index contributed by atoms with van der Waals surface area (Å²) in [7, 11) is -3.88. The molecule has 0 aliphatic rings. The Kier molecular flexibility index (Phi) is 4.65. The fourth-order valence-electron chi connectivity index (χ4n) is 1.84. The van der Waals surface area contributed by atoms with Crippen LogP contribution in [-0.2, 0) is 10.0 Å². The van der Waals surface area contributed by atoms with E-state index in [1.165, 1.54) is 24.3 Å². The topological polar surface area (TPSA) is 55.4 Å². The van der Waals surface area contributed by atoms with E-state index in [0.29, 0.717) is 5.56 Å². The Bertz CT molecular complexity index is 759. The van der Waals surface area contributed by atoms with E-state index >= 15 is 0 Å². The number of benzene rings is 2. The predicted molar refractivity (Wildman–Crippen MR) is 79.8 cm³/mol. The van der Waals surface area contributed by atoms with Crippen LogP contribution in [0.1, 0.15) is 11.1 Å². The molecule has 0 heterocycles. The molecular formula is C15H15F2NO3S. The number of hydrogen-bond acceptors (Lipinski definition) is 3. The number of anilines is 1. The number of hydrogen-bond donors (Lipinski definition) is 1. The smallest absolute Gasteiger partial charge is 0.387 e. The summed E-state index contributed by atoms with van der Waals surface area (Å²) in [6.45, 7) is 0.514. The molecule has 0 aliphatic heterocycles.